The topological polar surface area (TPSA) is 32.3 Å². The Balaban J connectivity index is 1.69. The number of rotatable bonds is 7. The second-order valence-electron chi connectivity index (χ2n) is 6.48. The Bertz CT molecular complexity index is 379. The van der Waals surface area contributed by atoms with Gasteiger partial charge in [0, 0.05) is 6.54 Å². The first-order valence-corrected chi connectivity index (χ1v) is 8.15. The summed E-state index contributed by atoms with van der Waals surface area (Å²) < 4.78 is 0. The zero-order chi connectivity index (χ0) is 14.4. The van der Waals surface area contributed by atoms with Crippen molar-refractivity contribution in [3.63, 3.8) is 0 Å². The number of benzene rings is 1. The minimum absolute atomic E-state index is 0.389. The van der Waals surface area contributed by atoms with E-state index in [1.54, 1.807) is 0 Å². The number of aliphatic hydroxyl groups excluding tert-OH is 1. The molecule has 0 saturated heterocycles. The van der Waals surface area contributed by atoms with Crippen molar-refractivity contribution in [3.8, 4) is 0 Å². The van der Waals surface area contributed by atoms with E-state index in [9.17, 15) is 5.11 Å². The summed E-state index contributed by atoms with van der Waals surface area (Å²) in [4.78, 5) is 0. The molecule has 20 heavy (non-hydrogen) atoms. The maximum absolute atomic E-state index is 10.2. The van der Waals surface area contributed by atoms with E-state index in [1.807, 2.05) is 0 Å². The standard InChI is InChI=1S/C18H29NO/c1-14(2)16-7-9-17(10-8-16)18(20)13-19-12-11-15-5-3-4-6-15/h7-10,14-15,18-20H,3-6,11-13H2,1-2H3. The summed E-state index contributed by atoms with van der Waals surface area (Å²) in [5.74, 6) is 1.47. The molecule has 2 rings (SSSR count). The second kappa shape index (κ2) is 7.80. The van der Waals surface area contributed by atoms with E-state index in [0.29, 0.717) is 12.5 Å². The van der Waals surface area contributed by atoms with Crippen LogP contribution < -0.4 is 5.32 Å². The van der Waals surface area contributed by atoms with Gasteiger partial charge in [-0.3, -0.25) is 0 Å². The second-order valence-corrected chi connectivity index (χ2v) is 6.48. The van der Waals surface area contributed by atoms with Crippen molar-refractivity contribution in [2.45, 2.75) is 58.0 Å². The van der Waals surface area contributed by atoms with Gasteiger partial charge in [0.05, 0.1) is 6.10 Å². The van der Waals surface area contributed by atoms with Gasteiger partial charge in [0.25, 0.3) is 0 Å². The molecule has 2 nitrogen and oxygen atoms in total. The molecule has 1 aliphatic carbocycles. The Morgan fingerprint density at radius 2 is 1.70 bits per heavy atom. The fourth-order valence-corrected chi connectivity index (χ4v) is 3.06. The van der Waals surface area contributed by atoms with E-state index < -0.39 is 0 Å². The predicted octanol–water partition coefficient (Wildman–Crippen LogP) is 4.01. The molecular formula is C18H29NO. The maximum atomic E-state index is 10.2. The highest BCUT2D eigenvalue weighted by molar-refractivity contribution is 5.26. The molecule has 1 aromatic carbocycles. The SMILES string of the molecule is CC(C)c1ccc(C(O)CNCCC2CCCC2)cc1. The van der Waals surface area contributed by atoms with Gasteiger partial charge in [-0.05, 0) is 35.9 Å². The average Bonchev–Trinajstić information content (AvgIpc) is 2.96. The van der Waals surface area contributed by atoms with Crippen LogP contribution in [-0.4, -0.2) is 18.2 Å². The zero-order valence-electron chi connectivity index (χ0n) is 12.9. The molecule has 2 N–H and O–H groups in total. The molecule has 0 aromatic heterocycles. The molecule has 0 radical (unpaired) electrons. The molecule has 0 bridgehead atoms. The summed E-state index contributed by atoms with van der Waals surface area (Å²) >= 11 is 0. The molecule has 1 aromatic rings. The molecule has 0 spiro atoms. The van der Waals surface area contributed by atoms with Crippen molar-refractivity contribution < 1.29 is 5.11 Å². The summed E-state index contributed by atoms with van der Waals surface area (Å²) in [6.45, 7) is 6.07. The lowest BCUT2D eigenvalue weighted by Gasteiger charge is -2.15. The van der Waals surface area contributed by atoms with Crippen molar-refractivity contribution in [2.75, 3.05) is 13.1 Å². The Labute approximate surface area is 123 Å². The van der Waals surface area contributed by atoms with Crippen LogP contribution in [0.25, 0.3) is 0 Å². The number of nitrogens with one attached hydrogen (secondary N) is 1. The summed E-state index contributed by atoms with van der Waals surface area (Å²) in [6.07, 6.45) is 6.51. The van der Waals surface area contributed by atoms with Gasteiger partial charge in [0.15, 0.2) is 0 Å². The van der Waals surface area contributed by atoms with Gasteiger partial charge in [-0.1, -0.05) is 63.8 Å². The van der Waals surface area contributed by atoms with Crippen LogP contribution in [0.1, 0.15) is 69.1 Å². The van der Waals surface area contributed by atoms with Crippen molar-refractivity contribution in [1.29, 1.82) is 0 Å². The van der Waals surface area contributed by atoms with Crippen LogP contribution in [0.2, 0.25) is 0 Å². The third kappa shape index (κ3) is 4.60. The van der Waals surface area contributed by atoms with Crippen LogP contribution in [-0.2, 0) is 0 Å². The number of aliphatic hydroxyl groups is 1. The van der Waals surface area contributed by atoms with E-state index in [-0.39, 0.29) is 6.10 Å². The minimum Gasteiger partial charge on any atom is -0.387 e. The molecule has 0 heterocycles. The smallest absolute Gasteiger partial charge is 0.0914 e. The number of hydrogen-bond donors (Lipinski definition) is 2. The van der Waals surface area contributed by atoms with Gasteiger partial charge >= 0.3 is 0 Å². The molecule has 0 aliphatic heterocycles. The summed E-state index contributed by atoms with van der Waals surface area (Å²) in [5.41, 5.74) is 2.35. The van der Waals surface area contributed by atoms with E-state index in [2.05, 4.69) is 43.4 Å². The number of hydrogen-bond acceptors (Lipinski definition) is 2. The normalized spacial score (nSPS) is 17.8. The van der Waals surface area contributed by atoms with Crippen molar-refractivity contribution in [3.05, 3.63) is 35.4 Å². The first-order valence-electron chi connectivity index (χ1n) is 8.15. The van der Waals surface area contributed by atoms with Gasteiger partial charge < -0.3 is 10.4 Å². The highest BCUT2D eigenvalue weighted by Crippen LogP contribution is 2.27. The Morgan fingerprint density at radius 3 is 2.30 bits per heavy atom. The summed E-state index contributed by atoms with van der Waals surface area (Å²) in [5, 5.41) is 13.6. The van der Waals surface area contributed by atoms with Crippen LogP contribution in [0.5, 0.6) is 0 Å². The lowest BCUT2D eigenvalue weighted by molar-refractivity contribution is 0.174. The first-order chi connectivity index (χ1) is 9.66. The Kier molecular flexibility index (Phi) is 6.06. The van der Waals surface area contributed by atoms with Crippen LogP contribution in [0, 0.1) is 5.92 Å². The fourth-order valence-electron chi connectivity index (χ4n) is 3.06. The molecular weight excluding hydrogens is 246 g/mol. The lowest BCUT2D eigenvalue weighted by Crippen LogP contribution is -2.23. The average molecular weight is 275 g/mol. The molecule has 2 heteroatoms. The molecule has 1 saturated carbocycles. The summed E-state index contributed by atoms with van der Waals surface area (Å²) in [6, 6.07) is 8.36. The predicted molar refractivity (Wildman–Crippen MR) is 84.9 cm³/mol. The van der Waals surface area contributed by atoms with E-state index in [0.717, 1.165) is 18.0 Å². The van der Waals surface area contributed by atoms with Gasteiger partial charge in [-0.15, -0.1) is 0 Å². The Hall–Kier alpha value is -0.860. The highest BCUT2D eigenvalue weighted by Gasteiger charge is 2.14. The lowest BCUT2D eigenvalue weighted by atomic mass is 10.00. The fraction of sp³-hybridized carbons (Fsp3) is 0.667. The van der Waals surface area contributed by atoms with E-state index in [1.165, 1.54) is 37.7 Å². The van der Waals surface area contributed by atoms with Gasteiger partial charge in [0.1, 0.15) is 0 Å². The zero-order valence-corrected chi connectivity index (χ0v) is 12.9. The third-order valence-electron chi connectivity index (χ3n) is 4.53. The van der Waals surface area contributed by atoms with Crippen LogP contribution >= 0.6 is 0 Å². The van der Waals surface area contributed by atoms with Crippen LogP contribution in [0.4, 0.5) is 0 Å². The Morgan fingerprint density at radius 1 is 1.10 bits per heavy atom. The third-order valence-corrected chi connectivity index (χ3v) is 4.53. The van der Waals surface area contributed by atoms with Crippen molar-refractivity contribution in [1.82, 2.24) is 5.32 Å². The van der Waals surface area contributed by atoms with E-state index >= 15 is 0 Å². The molecule has 1 atom stereocenters. The van der Waals surface area contributed by atoms with Crippen molar-refractivity contribution >= 4 is 0 Å². The molecule has 1 fully saturated rings. The van der Waals surface area contributed by atoms with Crippen LogP contribution in [0.15, 0.2) is 24.3 Å². The summed E-state index contributed by atoms with van der Waals surface area (Å²) in [7, 11) is 0. The van der Waals surface area contributed by atoms with Gasteiger partial charge in [-0.25, -0.2) is 0 Å². The highest BCUT2D eigenvalue weighted by atomic mass is 16.3. The largest absolute Gasteiger partial charge is 0.387 e. The first kappa shape index (κ1) is 15.5. The van der Waals surface area contributed by atoms with Crippen LogP contribution in [0.3, 0.4) is 0 Å². The maximum Gasteiger partial charge on any atom is 0.0914 e. The minimum atomic E-state index is -0.389. The van der Waals surface area contributed by atoms with E-state index in [4.69, 9.17) is 0 Å². The monoisotopic (exact) mass is 275 g/mol. The molecule has 112 valence electrons. The van der Waals surface area contributed by atoms with Gasteiger partial charge in [0.2, 0.25) is 0 Å². The van der Waals surface area contributed by atoms with Crippen molar-refractivity contribution in [2.24, 2.45) is 5.92 Å². The molecule has 0 amide bonds. The molecule has 1 unspecified atom stereocenters. The quantitative estimate of drug-likeness (QED) is 0.737. The van der Waals surface area contributed by atoms with Gasteiger partial charge in [-0.2, -0.15) is 0 Å². The molecule has 1 aliphatic rings.